The number of nitrogens with one attached hydrogen (secondary N) is 1. The molecule has 1 N–H and O–H groups in total. The molecule has 4 rings (SSSR count). The molecule has 3 aromatic rings. The lowest BCUT2D eigenvalue weighted by molar-refractivity contribution is -0.127. The molecule has 35 heavy (non-hydrogen) atoms. The van der Waals surface area contributed by atoms with E-state index in [4.69, 9.17) is 9.73 Å². The Hall–Kier alpha value is -3.01. The summed E-state index contributed by atoms with van der Waals surface area (Å²) in [5, 5.41) is 5.34. The minimum absolute atomic E-state index is 0.0567. The number of nitrogens with zero attached hydrogens (tertiary/aromatic N) is 4. The number of aromatic nitrogens is 1. The number of halogens is 1. The van der Waals surface area contributed by atoms with Crippen LogP contribution in [-0.4, -0.2) is 68.9 Å². The number of likely N-dealkylation sites (N-methyl/N-ethyl adjacent to an activating group) is 1. The Bertz CT molecular complexity index is 1170. The molecule has 7 nitrogen and oxygen atoms in total. The van der Waals surface area contributed by atoms with Crippen LogP contribution < -0.4 is 15.0 Å². The van der Waals surface area contributed by atoms with Crippen LogP contribution >= 0.6 is 11.3 Å². The highest BCUT2D eigenvalue weighted by Gasteiger charge is 2.13. The van der Waals surface area contributed by atoms with E-state index in [9.17, 15) is 9.18 Å². The van der Waals surface area contributed by atoms with Crippen molar-refractivity contribution in [1.82, 2.24) is 14.8 Å². The van der Waals surface area contributed by atoms with Crippen LogP contribution in [0.5, 0.6) is 0 Å². The molecule has 1 saturated heterocycles. The van der Waals surface area contributed by atoms with Gasteiger partial charge in [-0.25, -0.2) is 9.38 Å². The van der Waals surface area contributed by atoms with Gasteiger partial charge in [0.1, 0.15) is 5.82 Å². The molecule has 9 heteroatoms. The second-order valence-electron chi connectivity index (χ2n) is 8.61. The Balaban J connectivity index is 1.54. The minimum Gasteiger partial charge on any atom is -0.378 e. The van der Waals surface area contributed by atoms with Gasteiger partial charge >= 0.3 is 0 Å². The summed E-state index contributed by atoms with van der Waals surface area (Å²) < 4.78 is 21.0. The molecule has 0 atom stereocenters. The van der Waals surface area contributed by atoms with Crippen LogP contribution in [0, 0.1) is 5.82 Å². The van der Waals surface area contributed by atoms with Gasteiger partial charge in [-0.05, 0) is 54.9 Å². The van der Waals surface area contributed by atoms with E-state index in [1.54, 1.807) is 42.5 Å². The zero-order valence-corrected chi connectivity index (χ0v) is 21.1. The summed E-state index contributed by atoms with van der Waals surface area (Å²) in [6, 6.07) is 14.8. The van der Waals surface area contributed by atoms with Crippen LogP contribution in [0.1, 0.15) is 6.42 Å². The highest BCUT2D eigenvalue weighted by Crippen LogP contribution is 2.25. The number of thiazole rings is 1. The number of amides is 1. The van der Waals surface area contributed by atoms with E-state index in [-0.39, 0.29) is 11.7 Å². The summed E-state index contributed by atoms with van der Waals surface area (Å²) >= 11 is 1.57. The highest BCUT2D eigenvalue weighted by molar-refractivity contribution is 7.07. The number of carbonyl (C=O) groups excluding carboxylic acids is 1. The maximum atomic E-state index is 13.4. The molecule has 2 aromatic carbocycles. The fourth-order valence-corrected chi connectivity index (χ4v) is 4.83. The van der Waals surface area contributed by atoms with Crippen LogP contribution in [-0.2, 0) is 16.1 Å². The Labute approximate surface area is 209 Å². The van der Waals surface area contributed by atoms with Gasteiger partial charge in [-0.3, -0.25) is 4.79 Å². The molecule has 0 radical (unpaired) electrons. The van der Waals surface area contributed by atoms with E-state index in [1.807, 2.05) is 0 Å². The van der Waals surface area contributed by atoms with E-state index in [1.165, 1.54) is 17.8 Å². The first-order valence-corrected chi connectivity index (χ1v) is 12.7. The number of hydrogen-bond acceptors (Lipinski definition) is 6. The smallest absolute Gasteiger partial charge is 0.236 e. The number of anilines is 1. The maximum absolute atomic E-state index is 13.4. The lowest BCUT2D eigenvalue weighted by atomic mass is 10.1. The third kappa shape index (κ3) is 6.78. The maximum Gasteiger partial charge on any atom is 0.236 e. The van der Waals surface area contributed by atoms with Crippen molar-refractivity contribution in [2.24, 2.45) is 4.99 Å². The van der Waals surface area contributed by atoms with Gasteiger partial charge in [-0.2, -0.15) is 0 Å². The van der Waals surface area contributed by atoms with Gasteiger partial charge in [-0.15, -0.1) is 11.3 Å². The molecule has 1 aliphatic rings. The van der Waals surface area contributed by atoms with E-state index in [0.29, 0.717) is 18.8 Å². The SMILES string of the molecule is CN(C)C(=O)CNCCCn1c(-c2ccc(N3CCOCC3)cc2)cs/c1=N\c1ccc(F)cc1. The van der Waals surface area contributed by atoms with E-state index < -0.39 is 0 Å². The minimum atomic E-state index is -0.276. The van der Waals surface area contributed by atoms with Gasteiger partial charge in [0.25, 0.3) is 0 Å². The summed E-state index contributed by atoms with van der Waals surface area (Å²) in [6.07, 6.45) is 0.840. The summed E-state index contributed by atoms with van der Waals surface area (Å²) in [5.74, 6) is -0.219. The molecule has 1 amide bonds. The first kappa shape index (κ1) is 25.1. The average Bonchev–Trinajstić information content (AvgIpc) is 3.27. The number of rotatable bonds is 9. The second kappa shape index (κ2) is 12.1. The number of benzene rings is 2. The zero-order valence-electron chi connectivity index (χ0n) is 20.2. The summed E-state index contributed by atoms with van der Waals surface area (Å²) in [5.41, 5.74) is 4.12. The third-order valence-electron chi connectivity index (χ3n) is 5.90. The van der Waals surface area contributed by atoms with E-state index >= 15 is 0 Å². The predicted octanol–water partition coefficient (Wildman–Crippen LogP) is 3.49. The fraction of sp³-hybridized carbons (Fsp3) is 0.385. The van der Waals surface area contributed by atoms with Gasteiger partial charge in [0.2, 0.25) is 5.91 Å². The number of ether oxygens (including phenoxy) is 1. The quantitative estimate of drug-likeness (QED) is 0.460. The van der Waals surface area contributed by atoms with Crippen molar-refractivity contribution in [2.75, 3.05) is 58.4 Å². The van der Waals surface area contributed by atoms with Crippen molar-refractivity contribution in [3.8, 4) is 11.3 Å². The van der Waals surface area contributed by atoms with Crippen LogP contribution in [0.2, 0.25) is 0 Å². The molecule has 0 spiro atoms. The molecule has 0 aliphatic carbocycles. The Morgan fingerprint density at radius 3 is 2.51 bits per heavy atom. The first-order valence-electron chi connectivity index (χ1n) is 11.8. The molecule has 1 fully saturated rings. The van der Waals surface area contributed by atoms with Crippen molar-refractivity contribution < 1.29 is 13.9 Å². The number of morpholine rings is 1. The molecular formula is C26H32FN5O2S. The van der Waals surface area contributed by atoms with Crippen LogP contribution in [0.25, 0.3) is 11.3 Å². The highest BCUT2D eigenvalue weighted by atomic mass is 32.1. The van der Waals surface area contributed by atoms with Crippen LogP contribution in [0.4, 0.5) is 15.8 Å². The predicted molar refractivity (Wildman–Crippen MR) is 139 cm³/mol. The summed E-state index contributed by atoms with van der Waals surface area (Å²) in [4.78, 5) is 21.4. The fourth-order valence-electron chi connectivity index (χ4n) is 3.87. The number of hydrogen-bond donors (Lipinski definition) is 1. The van der Waals surface area contributed by atoms with Gasteiger partial charge in [0.05, 0.1) is 31.1 Å². The van der Waals surface area contributed by atoms with Gasteiger partial charge in [0.15, 0.2) is 4.80 Å². The lowest BCUT2D eigenvalue weighted by Gasteiger charge is -2.28. The van der Waals surface area contributed by atoms with E-state index in [2.05, 4.69) is 44.4 Å². The Morgan fingerprint density at radius 1 is 1.11 bits per heavy atom. The van der Waals surface area contributed by atoms with Gasteiger partial charge in [-0.1, -0.05) is 12.1 Å². The second-order valence-corrected chi connectivity index (χ2v) is 9.44. The first-order chi connectivity index (χ1) is 17.0. The standard InChI is InChI=1S/C26H32FN5O2S/c1-30(2)25(33)18-28-12-3-13-32-24(19-35-26(32)29-22-8-6-21(27)7-9-22)20-4-10-23(11-5-20)31-14-16-34-17-15-31/h4-11,19,28H,3,12-18H2,1-2H3/b29-26-. The lowest BCUT2D eigenvalue weighted by Crippen LogP contribution is -2.36. The van der Waals surface area contributed by atoms with Crippen molar-refractivity contribution >= 4 is 28.6 Å². The average molecular weight is 498 g/mol. The third-order valence-corrected chi connectivity index (χ3v) is 6.76. The van der Waals surface area contributed by atoms with Crippen molar-refractivity contribution in [2.45, 2.75) is 13.0 Å². The monoisotopic (exact) mass is 497 g/mol. The topological polar surface area (TPSA) is 62.1 Å². The van der Waals surface area contributed by atoms with Crippen molar-refractivity contribution in [3.63, 3.8) is 0 Å². The number of carbonyl (C=O) groups is 1. The molecule has 1 aromatic heterocycles. The normalized spacial score (nSPS) is 14.4. The molecular weight excluding hydrogens is 465 g/mol. The largest absolute Gasteiger partial charge is 0.378 e. The summed E-state index contributed by atoms with van der Waals surface area (Å²) in [7, 11) is 3.51. The molecule has 0 saturated carbocycles. The van der Waals surface area contributed by atoms with Crippen molar-refractivity contribution in [1.29, 1.82) is 0 Å². The molecule has 2 heterocycles. The van der Waals surface area contributed by atoms with Crippen LogP contribution in [0.15, 0.2) is 58.9 Å². The Kier molecular flexibility index (Phi) is 8.68. The van der Waals surface area contributed by atoms with Crippen molar-refractivity contribution in [3.05, 3.63) is 64.5 Å². The van der Waals surface area contributed by atoms with E-state index in [0.717, 1.165) is 55.3 Å². The zero-order chi connectivity index (χ0) is 24.6. The van der Waals surface area contributed by atoms with Crippen LogP contribution in [0.3, 0.4) is 0 Å². The molecule has 0 unspecified atom stereocenters. The van der Waals surface area contributed by atoms with Gasteiger partial charge in [0, 0.05) is 44.8 Å². The molecule has 186 valence electrons. The molecule has 1 aliphatic heterocycles. The Morgan fingerprint density at radius 2 is 1.83 bits per heavy atom. The van der Waals surface area contributed by atoms with Gasteiger partial charge < -0.3 is 24.4 Å². The summed E-state index contributed by atoms with van der Waals surface area (Å²) in [6.45, 7) is 5.11. The molecule has 0 bridgehead atoms.